The van der Waals surface area contributed by atoms with E-state index >= 15 is 0 Å². The first kappa shape index (κ1) is 15.4. The largest absolute Gasteiger partial charge is 0.303 e. The van der Waals surface area contributed by atoms with Gasteiger partial charge in [0.25, 0.3) is 0 Å². The normalized spacial score (nSPS) is 16.8. The lowest BCUT2D eigenvalue weighted by Gasteiger charge is -2.23. The molecular weight excluding hydrogens is 316 g/mol. The molecule has 0 spiro atoms. The molecule has 1 aromatic heterocycles. The highest BCUT2D eigenvalue weighted by molar-refractivity contribution is 7.99. The Labute approximate surface area is 146 Å². The van der Waals surface area contributed by atoms with Crippen LogP contribution in [-0.4, -0.2) is 14.8 Å². The standard InChI is InChI=1S/C19H20N4S/c1-2-5-16(6-3-1)24-17-10-8-15(9-11-17)13-20-18-7-4-12-23-19(18)21-14-22-23/h1-3,5-6,8-11,14,18,20H,4,7,12-13H2/t18-/m1/s1. The summed E-state index contributed by atoms with van der Waals surface area (Å²) in [5.74, 6) is 1.07. The van der Waals surface area contributed by atoms with Crippen LogP contribution in [0.1, 0.15) is 30.3 Å². The van der Waals surface area contributed by atoms with E-state index in [9.17, 15) is 0 Å². The highest BCUT2D eigenvalue weighted by atomic mass is 32.2. The molecule has 0 radical (unpaired) electrons. The van der Waals surface area contributed by atoms with E-state index in [1.54, 1.807) is 18.1 Å². The van der Waals surface area contributed by atoms with E-state index in [0.717, 1.165) is 31.8 Å². The van der Waals surface area contributed by atoms with Gasteiger partial charge in [0, 0.05) is 22.9 Å². The highest BCUT2D eigenvalue weighted by Crippen LogP contribution is 2.27. The first-order valence-corrected chi connectivity index (χ1v) is 9.13. The molecule has 0 aliphatic carbocycles. The Balaban J connectivity index is 1.36. The third kappa shape index (κ3) is 3.52. The summed E-state index contributed by atoms with van der Waals surface area (Å²) in [4.78, 5) is 6.93. The van der Waals surface area contributed by atoms with Crippen molar-refractivity contribution in [3.05, 3.63) is 72.3 Å². The van der Waals surface area contributed by atoms with Crippen LogP contribution in [0, 0.1) is 0 Å². The van der Waals surface area contributed by atoms with Gasteiger partial charge in [0.15, 0.2) is 0 Å². The van der Waals surface area contributed by atoms with E-state index in [1.807, 2.05) is 10.7 Å². The molecule has 1 N–H and O–H groups in total. The van der Waals surface area contributed by atoms with E-state index < -0.39 is 0 Å². The summed E-state index contributed by atoms with van der Waals surface area (Å²) in [5, 5.41) is 7.90. The van der Waals surface area contributed by atoms with Crippen LogP contribution < -0.4 is 5.32 Å². The maximum atomic E-state index is 4.40. The second-order valence-corrected chi connectivity index (χ2v) is 7.12. The fourth-order valence-electron chi connectivity index (χ4n) is 3.02. The number of rotatable bonds is 5. The fraction of sp³-hybridized carbons (Fsp3) is 0.263. The predicted molar refractivity (Wildman–Crippen MR) is 95.8 cm³/mol. The molecule has 0 saturated heterocycles. The van der Waals surface area contributed by atoms with Gasteiger partial charge in [-0.25, -0.2) is 9.67 Å². The third-order valence-corrected chi connectivity index (χ3v) is 5.29. The minimum Gasteiger partial charge on any atom is -0.303 e. The van der Waals surface area contributed by atoms with Crippen LogP contribution >= 0.6 is 11.8 Å². The van der Waals surface area contributed by atoms with E-state index in [4.69, 9.17) is 0 Å². The maximum Gasteiger partial charge on any atom is 0.143 e. The molecule has 0 amide bonds. The SMILES string of the molecule is c1ccc(Sc2ccc(CN[C@@H]3CCCn4ncnc43)cc2)cc1. The third-order valence-electron chi connectivity index (χ3n) is 4.27. The van der Waals surface area contributed by atoms with Crippen molar-refractivity contribution in [2.75, 3.05) is 0 Å². The van der Waals surface area contributed by atoms with Crippen molar-refractivity contribution < 1.29 is 0 Å². The summed E-state index contributed by atoms with van der Waals surface area (Å²) in [6.07, 6.45) is 3.94. The van der Waals surface area contributed by atoms with Gasteiger partial charge in [0.2, 0.25) is 0 Å². The number of aryl methyl sites for hydroxylation is 1. The molecule has 0 bridgehead atoms. The molecule has 24 heavy (non-hydrogen) atoms. The topological polar surface area (TPSA) is 42.7 Å². The van der Waals surface area contributed by atoms with E-state index in [1.165, 1.54) is 15.4 Å². The van der Waals surface area contributed by atoms with Crippen LogP contribution in [0.25, 0.3) is 0 Å². The van der Waals surface area contributed by atoms with Gasteiger partial charge in [-0.15, -0.1) is 0 Å². The molecule has 2 aromatic carbocycles. The van der Waals surface area contributed by atoms with Crippen molar-refractivity contribution >= 4 is 11.8 Å². The van der Waals surface area contributed by atoms with Crippen LogP contribution in [0.5, 0.6) is 0 Å². The van der Waals surface area contributed by atoms with Crippen molar-refractivity contribution in [3.8, 4) is 0 Å². The second-order valence-electron chi connectivity index (χ2n) is 5.98. The number of fused-ring (bicyclic) bond motifs is 1. The van der Waals surface area contributed by atoms with Crippen molar-refractivity contribution in [3.63, 3.8) is 0 Å². The van der Waals surface area contributed by atoms with Gasteiger partial charge in [-0.1, -0.05) is 42.1 Å². The Kier molecular flexibility index (Phi) is 4.62. The smallest absolute Gasteiger partial charge is 0.143 e. The highest BCUT2D eigenvalue weighted by Gasteiger charge is 2.21. The molecule has 4 rings (SSSR count). The predicted octanol–water partition coefficient (Wildman–Crippen LogP) is 4.05. The fourth-order valence-corrected chi connectivity index (χ4v) is 3.86. The minimum absolute atomic E-state index is 0.305. The maximum absolute atomic E-state index is 4.40. The van der Waals surface area contributed by atoms with Crippen molar-refractivity contribution in [2.45, 2.75) is 41.8 Å². The van der Waals surface area contributed by atoms with Crippen molar-refractivity contribution in [1.82, 2.24) is 20.1 Å². The molecule has 4 nitrogen and oxygen atoms in total. The molecule has 1 aliphatic rings. The van der Waals surface area contributed by atoms with Gasteiger partial charge in [0.1, 0.15) is 12.2 Å². The van der Waals surface area contributed by atoms with Gasteiger partial charge < -0.3 is 5.32 Å². The molecule has 0 unspecified atom stereocenters. The summed E-state index contributed by atoms with van der Waals surface area (Å²) in [6, 6.07) is 19.6. The van der Waals surface area contributed by atoms with Crippen LogP contribution in [0.3, 0.4) is 0 Å². The zero-order chi connectivity index (χ0) is 16.2. The van der Waals surface area contributed by atoms with Crippen LogP contribution in [0.4, 0.5) is 0 Å². The van der Waals surface area contributed by atoms with Gasteiger partial charge >= 0.3 is 0 Å². The number of nitrogens with zero attached hydrogens (tertiary/aromatic N) is 3. The summed E-state index contributed by atoms with van der Waals surface area (Å²) in [7, 11) is 0. The summed E-state index contributed by atoms with van der Waals surface area (Å²) >= 11 is 1.79. The van der Waals surface area contributed by atoms with Crippen LogP contribution in [-0.2, 0) is 13.1 Å². The average Bonchev–Trinajstić information content (AvgIpc) is 3.11. The Bertz CT molecular complexity index is 783. The summed E-state index contributed by atoms with van der Waals surface area (Å²) in [6.45, 7) is 1.84. The van der Waals surface area contributed by atoms with E-state index in [-0.39, 0.29) is 0 Å². The van der Waals surface area contributed by atoms with Gasteiger partial charge in [-0.2, -0.15) is 5.10 Å². The minimum atomic E-state index is 0.305. The number of hydrogen-bond donors (Lipinski definition) is 1. The van der Waals surface area contributed by atoms with Crippen LogP contribution in [0.15, 0.2) is 70.7 Å². The van der Waals surface area contributed by atoms with E-state index in [2.05, 4.69) is 63.9 Å². The van der Waals surface area contributed by atoms with E-state index in [0.29, 0.717) is 6.04 Å². The molecule has 3 aromatic rings. The van der Waals surface area contributed by atoms with Gasteiger partial charge in [-0.05, 0) is 42.7 Å². The van der Waals surface area contributed by atoms with Gasteiger partial charge in [0.05, 0.1) is 6.04 Å². The molecule has 2 heterocycles. The molecule has 0 fully saturated rings. The first-order chi connectivity index (χ1) is 11.9. The monoisotopic (exact) mass is 336 g/mol. The van der Waals surface area contributed by atoms with Crippen molar-refractivity contribution in [1.29, 1.82) is 0 Å². The lowest BCUT2D eigenvalue weighted by Crippen LogP contribution is -2.28. The second kappa shape index (κ2) is 7.20. The summed E-state index contributed by atoms with van der Waals surface area (Å²) < 4.78 is 2.01. The molecule has 5 heteroatoms. The Morgan fingerprint density at radius 2 is 1.83 bits per heavy atom. The van der Waals surface area contributed by atoms with Crippen LogP contribution in [0.2, 0.25) is 0 Å². The lowest BCUT2D eigenvalue weighted by atomic mass is 10.1. The zero-order valence-electron chi connectivity index (χ0n) is 13.4. The number of nitrogens with one attached hydrogen (secondary N) is 1. The average molecular weight is 336 g/mol. The molecule has 0 saturated carbocycles. The zero-order valence-corrected chi connectivity index (χ0v) is 14.2. The molecule has 122 valence electrons. The number of hydrogen-bond acceptors (Lipinski definition) is 4. The number of benzene rings is 2. The Hall–Kier alpha value is -2.11. The Morgan fingerprint density at radius 1 is 1.04 bits per heavy atom. The molecular formula is C19H20N4S. The Morgan fingerprint density at radius 3 is 2.67 bits per heavy atom. The lowest BCUT2D eigenvalue weighted by molar-refractivity contribution is 0.366. The molecule has 1 atom stereocenters. The first-order valence-electron chi connectivity index (χ1n) is 8.31. The van der Waals surface area contributed by atoms with Crippen molar-refractivity contribution in [2.24, 2.45) is 0 Å². The number of aromatic nitrogens is 3. The van der Waals surface area contributed by atoms with Gasteiger partial charge in [-0.3, -0.25) is 0 Å². The quantitative estimate of drug-likeness (QED) is 0.763. The molecule has 1 aliphatic heterocycles. The summed E-state index contributed by atoms with van der Waals surface area (Å²) in [5.41, 5.74) is 1.30.